The Bertz CT molecular complexity index is 822. The molecule has 2 amide bonds. The van der Waals surface area contributed by atoms with Gasteiger partial charge in [-0.05, 0) is 52.7 Å². The van der Waals surface area contributed by atoms with Gasteiger partial charge in [0.25, 0.3) is 11.8 Å². The number of nitrogens with one attached hydrogen (secondary N) is 2. The molecule has 0 saturated carbocycles. The Morgan fingerprint density at radius 3 is 2.50 bits per heavy atom. The summed E-state index contributed by atoms with van der Waals surface area (Å²) in [6, 6.07) is 10.4. The second-order valence-corrected chi connectivity index (χ2v) is 7.43. The fraction of sp³-hybridized carbons (Fsp3) is 0.263. The van der Waals surface area contributed by atoms with Crippen LogP contribution in [0.1, 0.15) is 15.9 Å². The number of para-hydroxylation sites is 1. The number of amides is 2. The van der Waals surface area contributed by atoms with Gasteiger partial charge < -0.3 is 14.2 Å². The van der Waals surface area contributed by atoms with Crippen molar-refractivity contribution < 1.29 is 23.8 Å². The van der Waals surface area contributed by atoms with E-state index < -0.39 is 11.8 Å². The van der Waals surface area contributed by atoms with Crippen molar-refractivity contribution in [3.63, 3.8) is 0 Å². The smallest absolute Gasteiger partial charge is 0.276 e. The summed E-state index contributed by atoms with van der Waals surface area (Å²) in [5.41, 5.74) is 5.84. The van der Waals surface area contributed by atoms with Crippen LogP contribution in [0.15, 0.2) is 45.3 Å². The highest BCUT2D eigenvalue weighted by Crippen LogP contribution is 2.32. The molecule has 0 atom stereocenters. The van der Waals surface area contributed by atoms with Gasteiger partial charge in [-0.2, -0.15) is 0 Å². The first-order valence-corrected chi connectivity index (χ1v) is 9.89. The topological polar surface area (TPSA) is 85.9 Å². The molecule has 0 unspecified atom stereocenters. The van der Waals surface area contributed by atoms with Gasteiger partial charge in [-0.1, -0.05) is 28.1 Å². The Kier molecular flexibility index (Phi) is 8.75. The Morgan fingerprint density at radius 1 is 1.04 bits per heavy atom. The maximum Gasteiger partial charge on any atom is 0.276 e. The zero-order chi connectivity index (χ0) is 20.5. The quantitative estimate of drug-likeness (QED) is 0.416. The fourth-order valence-electron chi connectivity index (χ4n) is 2.25. The summed E-state index contributed by atoms with van der Waals surface area (Å²) in [6.45, 7) is 2.32. The predicted octanol–water partition coefficient (Wildman–Crippen LogP) is 3.39. The van der Waals surface area contributed by atoms with E-state index in [1.165, 1.54) is 0 Å². The molecule has 0 saturated heterocycles. The second-order valence-electron chi connectivity index (χ2n) is 5.66. The summed E-state index contributed by atoms with van der Waals surface area (Å²) >= 11 is 6.78. The lowest BCUT2D eigenvalue weighted by Gasteiger charge is -2.13. The molecule has 2 aromatic rings. The van der Waals surface area contributed by atoms with Crippen molar-refractivity contribution in [3.8, 4) is 11.5 Å². The van der Waals surface area contributed by atoms with Gasteiger partial charge in [-0.15, -0.1) is 0 Å². The van der Waals surface area contributed by atoms with Gasteiger partial charge in [0.15, 0.2) is 6.61 Å². The molecule has 0 bridgehead atoms. The Labute approximate surface area is 180 Å². The van der Waals surface area contributed by atoms with Crippen LogP contribution < -0.4 is 20.3 Å². The highest BCUT2D eigenvalue weighted by atomic mass is 79.9. The number of methoxy groups -OCH3 is 1. The van der Waals surface area contributed by atoms with Crippen molar-refractivity contribution in [2.24, 2.45) is 0 Å². The minimum Gasteiger partial charge on any atom is -0.490 e. The van der Waals surface area contributed by atoms with Crippen LogP contribution in [-0.2, 0) is 9.53 Å². The van der Waals surface area contributed by atoms with Gasteiger partial charge >= 0.3 is 0 Å². The maximum atomic E-state index is 12.3. The molecule has 0 aromatic heterocycles. The van der Waals surface area contributed by atoms with Crippen LogP contribution >= 0.6 is 31.9 Å². The molecule has 0 aliphatic rings. The number of aryl methyl sites for hydroxylation is 1. The largest absolute Gasteiger partial charge is 0.490 e. The number of benzene rings is 2. The number of carbonyl (C=O) groups is 2. The molecule has 0 fully saturated rings. The zero-order valence-corrected chi connectivity index (χ0v) is 18.6. The summed E-state index contributed by atoms with van der Waals surface area (Å²) in [4.78, 5) is 24.3. The number of halogens is 2. The van der Waals surface area contributed by atoms with Crippen molar-refractivity contribution in [2.75, 3.05) is 26.9 Å². The summed E-state index contributed by atoms with van der Waals surface area (Å²) in [6.07, 6.45) is 0. The average Bonchev–Trinajstić information content (AvgIpc) is 2.66. The molecular formula is C19H20Br2N2O5. The third-order valence-electron chi connectivity index (χ3n) is 3.53. The summed E-state index contributed by atoms with van der Waals surface area (Å²) in [5, 5.41) is 0. The SMILES string of the molecule is COCCOc1ccccc1C(=O)NNC(=O)COc1c(C)cc(Br)cc1Br. The lowest BCUT2D eigenvalue weighted by molar-refractivity contribution is -0.123. The van der Waals surface area contributed by atoms with E-state index in [1.807, 2.05) is 19.1 Å². The van der Waals surface area contributed by atoms with Crippen molar-refractivity contribution in [1.29, 1.82) is 0 Å². The van der Waals surface area contributed by atoms with Gasteiger partial charge in [-0.3, -0.25) is 20.4 Å². The highest BCUT2D eigenvalue weighted by Gasteiger charge is 2.14. The van der Waals surface area contributed by atoms with Crippen molar-refractivity contribution in [2.45, 2.75) is 6.92 Å². The zero-order valence-electron chi connectivity index (χ0n) is 15.4. The summed E-state index contributed by atoms with van der Waals surface area (Å²) < 4.78 is 17.6. The molecule has 7 nitrogen and oxygen atoms in total. The molecule has 150 valence electrons. The van der Waals surface area contributed by atoms with E-state index in [-0.39, 0.29) is 6.61 Å². The van der Waals surface area contributed by atoms with E-state index >= 15 is 0 Å². The van der Waals surface area contributed by atoms with Crippen LogP contribution in [0, 0.1) is 6.92 Å². The molecule has 0 spiro atoms. The minimum atomic E-state index is -0.500. The number of rotatable bonds is 8. The standard InChI is InChI=1S/C19H20Br2N2O5/c1-12-9-13(20)10-15(21)18(12)28-11-17(24)22-23-19(25)14-5-3-4-6-16(14)27-8-7-26-2/h3-6,9-10H,7-8,11H2,1-2H3,(H,22,24)(H,23,25). The van der Waals surface area contributed by atoms with Gasteiger partial charge in [0.1, 0.15) is 18.1 Å². The van der Waals surface area contributed by atoms with Gasteiger partial charge in [0.05, 0.1) is 16.6 Å². The number of carbonyl (C=O) groups excluding carboxylic acids is 2. The van der Waals surface area contributed by atoms with Gasteiger partial charge in [0.2, 0.25) is 0 Å². The van der Waals surface area contributed by atoms with Gasteiger partial charge in [0, 0.05) is 11.6 Å². The third-order valence-corrected chi connectivity index (χ3v) is 4.58. The van der Waals surface area contributed by atoms with Crippen LogP contribution in [0.3, 0.4) is 0 Å². The van der Waals surface area contributed by atoms with E-state index in [0.29, 0.717) is 30.3 Å². The van der Waals surface area contributed by atoms with E-state index in [1.54, 1.807) is 31.4 Å². The molecule has 2 rings (SSSR count). The number of hydrogen-bond acceptors (Lipinski definition) is 5. The van der Waals surface area contributed by atoms with Crippen LogP contribution in [-0.4, -0.2) is 38.7 Å². The third kappa shape index (κ3) is 6.50. The molecule has 0 aliphatic heterocycles. The normalized spacial score (nSPS) is 10.3. The lowest BCUT2D eigenvalue weighted by atomic mass is 10.2. The molecular weight excluding hydrogens is 496 g/mol. The molecule has 0 aliphatic carbocycles. The van der Waals surface area contributed by atoms with Crippen LogP contribution in [0.5, 0.6) is 11.5 Å². The van der Waals surface area contributed by atoms with Crippen molar-refractivity contribution in [3.05, 3.63) is 56.5 Å². The predicted molar refractivity (Wildman–Crippen MR) is 111 cm³/mol. The van der Waals surface area contributed by atoms with Crippen molar-refractivity contribution in [1.82, 2.24) is 10.9 Å². The van der Waals surface area contributed by atoms with Crippen LogP contribution in [0.25, 0.3) is 0 Å². The molecule has 0 radical (unpaired) electrons. The maximum absolute atomic E-state index is 12.3. The minimum absolute atomic E-state index is 0.257. The monoisotopic (exact) mass is 514 g/mol. The van der Waals surface area contributed by atoms with Crippen LogP contribution in [0.4, 0.5) is 0 Å². The molecule has 0 heterocycles. The van der Waals surface area contributed by atoms with E-state index in [2.05, 4.69) is 42.7 Å². The summed E-state index contributed by atoms with van der Waals surface area (Å²) in [5.74, 6) is -0.0405. The highest BCUT2D eigenvalue weighted by molar-refractivity contribution is 9.11. The Balaban J connectivity index is 1.89. The first-order chi connectivity index (χ1) is 13.4. The van der Waals surface area contributed by atoms with Gasteiger partial charge in [-0.25, -0.2) is 0 Å². The van der Waals surface area contributed by atoms with E-state index in [4.69, 9.17) is 14.2 Å². The fourth-order valence-corrected chi connectivity index (χ4v) is 3.81. The molecule has 9 heteroatoms. The van der Waals surface area contributed by atoms with Crippen molar-refractivity contribution >= 4 is 43.7 Å². The number of hydrazine groups is 1. The number of hydrogen-bond donors (Lipinski definition) is 2. The number of ether oxygens (including phenoxy) is 3. The van der Waals surface area contributed by atoms with Crippen LogP contribution in [0.2, 0.25) is 0 Å². The molecule has 28 heavy (non-hydrogen) atoms. The Hall–Kier alpha value is -2.10. The Morgan fingerprint density at radius 2 is 1.79 bits per heavy atom. The first kappa shape index (κ1) is 22.2. The summed E-state index contributed by atoms with van der Waals surface area (Å²) in [7, 11) is 1.56. The molecule has 2 N–H and O–H groups in total. The average molecular weight is 516 g/mol. The van der Waals surface area contributed by atoms with E-state index in [0.717, 1.165) is 14.5 Å². The lowest BCUT2D eigenvalue weighted by Crippen LogP contribution is -2.44. The second kappa shape index (κ2) is 11.0. The molecule has 2 aromatic carbocycles. The first-order valence-electron chi connectivity index (χ1n) is 8.30. The van der Waals surface area contributed by atoms with E-state index in [9.17, 15) is 9.59 Å².